The third-order valence-electron chi connectivity index (χ3n) is 5.49. The topological polar surface area (TPSA) is 71.3 Å². The molecule has 27 heavy (non-hydrogen) atoms. The molecule has 1 N–H and O–H groups in total. The second-order valence-electron chi connectivity index (χ2n) is 7.31. The van der Waals surface area contributed by atoms with Crippen LogP contribution in [0, 0.1) is 5.92 Å². The van der Waals surface area contributed by atoms with Crippen LogP contribution in [-0.4, -0.2) is 29.0 Å². The fourth-order valence-corrected chi connectivity index (χ4v) is 4.99. The molecule has 3 heterocycles. The molecule has 0 spiro atoms. The highest BCUT2D eigenvalue weighted by Gasteiger charge is 2.28. The van der Waals surface area contributed by atoms with E-state index in [2.05, 4.69) is 20.2 Å². The Morgan fingerprint density at radius 3 is 2.78 bits per heavy atom. The van der Waals surface area contributed by atoms with Crippen molar-refractivity contribution in [1.29, 1.82) is 0 Å². The number of anilines is 2. The fraction of sp³-hybridized carbons (Fsp3) is 0.450. The van der Waals surface area contributed by atoms with Crippen molar-refractivity contribution in [2.45, 2.75) is 38.5 Å². The van der Waals surface area contributed by atoms with Gasteiger partial charge in [-0.25, -0.2) is 4.98 Å². The molecule has 6 nitrogen and oxygen atoms in total. The largest absolute Gasteiger partial charge is 0.423 e. The number of piperidine rings is 1. The molecule has 0 saturated carbocycles. The summed E-state index contributed by atoms with van der Waals surface area (Å²) in [6.45, 7) is 1.55. The summed E-state index contributed by atoms with van der Waals surface area (Å²) in [5.74, 6) is 0.116. The molecule has 2 aliphatic rings. The molecule has 2 aromatic heterocycles. The van der Waals surface area contributed by atoms with Crippen LogP contribution in [0.2, 0.25) is 0 Å². The molecule has 1 saturated heterocycles. The monoisotopic (exact) mass is 382 g/mol. The molecule has 0 bridgehead atoms. The molecule has 0 radical (unpaired) electrons. The van der Waals surface area contributed by atoms with Gasteiger partial charge in [-0.15, -0.1) is 11.3 Å². The number of nitrogens with zero attached hydrogens (tertiary/aromatic N) is 3. The first-order valence-corrected chi connectivity index (χ1v) is 10.5. The Hall–Kier alpha value is -2.41. The number of hydrogen-bond acceptors (Lipinski definition) is 6. The number of carbonyl (C=O) groups excluding carboxylic acids is 1. The van der Waals surface area contributed by atoms with Crippen LogP contribution in [0.5, 0.6) is 0 Å². The van der Waals surface area contributed by atoms with Crippen molar-refractivity contribution in [3.63, 3.8) is 0 Å². The number of benzene rings is 1. The molecule has 1 aliphatic heterocycles. The van der Waals surface area contributed by atoms with Crippen LogP contribution in [0.15, 0.2) is 28.7 Å². The lowest BCUT2D eigenvalue weighted by atomic mass is 9.96. The Balaban J connectivity index is 1.21. The van der Waals surface area contributed by atoms with Crippen molar-refractivity contribution in [2.24, 2.45) is 5.92 Å². The lowest BCUT2D eigenvalue weighted by Gasteiger charge is -2.29. The number of fused-ring (bicyclic) bond motifs is 2. The smallest absolute Gasteiger partial charge is 0.298 e. The highest BCUT2D eigenvalue weighted by molar-refractivity contribution is 7.15. The van der Waals surface area contributed by atoms with Gasteiger partial charge in [0.05, 0.1) is 5.69 Å². The van der Waals surface area contributed by atoms with E-state index in [4.69, 9.17) is 4.42 Å². The second-order valence-corrected chi connectivity index (χ2v) is 8.39. The summed E-state index contributed by atoms with van der Waals surface area (Å²) >= 11 is 1.65. The third kappa shape index (κ3) is 3.32. The molecular weight excluding hydrogens is 360 g/mol. The first-order chi connectivity index (χ1) is 13.3. The summed E-state index contributed by atoms with van der Waals surface area (Å²) in [4.78, 5) is 25.3. The molecular formula is C20H22N4O2S. The summed E-state index contributed by atoms with van der Waals surface area (Å²) in [6, 6.07) is 8.45. The van der Waals surface area contributed by atoms with Crippen molar-refractivity contribution in [1.82, 2.24) is 9.97 Å². The number of aromatic nitrogens is 2. The van der Waals surface area contributed by atoms with E-state index in [1.807, 2.05) is 24.3 Å². The molecule has 3 aromatic rings. The summed E-state index contributed by atoms with van der Waals surface area (Å²) in [6.07, 6.45) is 6.19. The van der Waals surface area contributed by atoms with E-state index in [1.54, 1.807) is 11.3 Å². The predicted octanol–water partition coefficient (Wildman–Crippen LogP) is 4.02. The van der Waals surface area contributed by atoms with Gasteiger partial charge in [-0.3, -0.25) is 4.79 Å². The van der Waals surface area contributed by atoms with Crippen LogP contribution in [-0.2, 0) is 17.6 Å². The SMILES string of the molecule is O=C(Nc1nc2c(s1)CCCC2)C1CCN(c2nc3ccccc3o2)CC1. The Morgan fingerprint density at radius 2 is 1.96 bits per heavy atom. The van der Waals surface area contributed by atoms with Gasteiger partial charge in [0.1, 0.15) is 5.52 Å². The molecule has 1 amide bonds. The van der Waals surface area contributed by atoms with Crippen LogP contribution >= 0.6 is 11.3 Å². The predicted molar refractivity (Wildman–Crippen MR) is 106 cm³/mol. The summed E-state index contributed by atoms with van der Waals surface area (Å²) < 4.78 is 5.85. The van der Waals surface area contributed by atoms with Crippen molar-refractivity contribution in [3.8, 4) is 0 Å². The van der Waals surface area contributed by atoms with E-state index in [1.165, 1.54) is 23.4 Å². The van der Waals surface area contributed by atoms with E-state index in [-0.39, 0.29) is 11.8 Å². The molecule has 1 aromatic carbocycles. The molecule has 1 aliphatic carbocycles. The Morgan fingerprint density at radius 1 is 1.15 bits per heavy atom. The van der Waals surface area contributed by atoms with E-state index in [0.29, 0.717) is 6.01 Å². The number of amides is 1. The van der Waals surface area contributed by atoms with E-state index in [9.17, 15) is 4.79 Å². The number of thiazole rings is 1. The van der Waals surface area contributed by atoms with Gasteiger partial charge in [0.15, 0.2) is 10.7 Å². The Labute approximate surface area is 161 Å². The van der Waals surface area contributed by atoms with Gasteiger partial charge in [0, 0.05) is 23.9 Å². The first-order valence-electron chi connectivity index (χ1n) is 9.66. The number of carbonyl (C=O) groups is 1. The fourth-order valence-electron chi connectivity index (χ4n) is 3.94. The van der Waals surface area contributed by atoms with Crippen molar-refractivity contribution >= 4 is 39.5 Å². The van der Waals surface area contributed by atoms with Gasteiger partial charge in [-0.05, 0) is 50.7 Å². The van der Waals surface area contributed by atoms with Crippen molar-refractivity contribution < 1.29 is 9.21 Å². The third-order valence-corrected chi connectivity index (χ3v) is 6.57. The number of rotatable bonds is 3. The molecule has 7 heteroatoms. The number of oxazole rings is 1. The summed E-state index contributed by atoms with van der Waals surface area (Å²) in [5.41, 5.74) is 2.87. The van der Waals surface area contributed by atoms with Gasteiger partial charge in [0.25, 0.3) is 6.01 Å². The minimum Gasteiger partial charge on any atom is -0.423 e. The maximum absolute atomic E-state index is 12.7. The zero-order valence-electron chi connectivity index (χ0n) is 15.1. The number of hydrogen-bond donors (Lipinski definition) is 1. The number of para-hydroxylation sites is 2. The number of nitrogens with one attached hydrogen (secondary N) is 1. The van der Waals surface area contributed by atoms with Gasteiger partial charge in [-0.1, -0.05) is 12.1 Å². The van der Waals surface area contributed by atoms with Crippen LogP contribution in [0.4, 0.5) is 11.1 Å². The van der Waals surface area contributed by atoms with Gasteiger partial charge in [0.2, 0.25) is 5.91 Å². The molecule has 140 valence electrons. The van der Waals surface area contributed by atoms with Gasteiger partial charge < -0.3 is 14.6 Å². The standard InChI is InChI=1S/C20H22N4O2S/c25-18(23-19-21-15-6-2-4-8-17(15)27-19)13-9-11-24(12-10-13)20-22-14-5-1-3-7-16(14)26-20/h1,3,5,7,13H,2,4,6,8-12H2,(H,21,23,25). The molecule has 0 atom stereocenters. The van der Waals surface area contributed by atoms with Crippen molar-refractivity contribution in [2.75, 3.05) is 23.3 Å². The minimum atomic E-state index is 0.0200. The van der Waals surface area contributed by atoms with E-state index < -0.39 is 0 Å². The first kappa shape index (κ1) is 16.7. The van der Waals surface area contributed by atoms with Crippen LogP contribution in [0.25, 0.3) is 11.1 Å². The number of aryl methyl sites for hydroxylation is 2. The maximum Gasteiger partial charge on any atom is 0.298 e. The maximum atomic E-state index is 12.7. The van der Waals surface area contributed by atoms with E-state index in [0.717, 1.165) is 55.0 Å². The molecule has 1 fully saturated rings. The van der Waals surface area contributed by atoms with Crippen LogP contribution < -0.4 is 10.2 Å². The van der Waals surface area contributed by atoms with Crippen LogP contribution in [0.1, 0.15) is 36.3 Å². The van der Waals surface area contributed by atoms with Gasteiger partial charge in [-0.2, -0.15) is 4.98 Å². The zero-order valence-corrected chi connectivity index (χ0v) is 15.9. The second kappa shape index (κ2) is 6.96. The average Bonchev–Trinajstić information content (AvgIpc) is 3.31. The highest BCUT2D eigenvalue weighted by Crippen LogP contribution is 2.31. The quantitative estimate of drug-likeness (QED) is 0.741. The zero-order chi connectivity index (χ0) is 18.2. The normalized spacial score (nSPS) is 17.9. The minimum absolute atomic E-state index is 0.0200. The molecule has 0 unspecified atom stereocenters. The Bertz CT molecular complexity index is 915. The summed E-state index contributed by atoms with van der Waals surface area (Å²) in [7, 11) is 0. The lowest BCUT2D eigenvalue weighted by Crippen LogP contribution is -2.38. The van der Waals surface area contributed by atoms with E-state index >= 15 is 0 Å². The Kier molecular flexibility index (Phi) is 4.32. The van der Waals surface area contributed by atoms with Crippen molar-refractivity contribution in [3.05, 3.63) is 34.8 Å². The lowest BCUT2D eigenvalue weighted by molar-refractivity contribution is -0.120. The van der Waals surface area contributed by atoms with Crippen LogP contribution in [0.3, 0.4) is 0 Å². The highest BCUT2D eigenvalue weighted by atomic mass is 32.1. The molecule has 5 rings (SSSR count). The summed E-state index contributed by atoms with van der Waals surface area (Å²) in [5, 5.41) is 3.83. The average molecular weight is 382 g/mol. The van der Waals surface area contributed by atoms with Gasteiger partial charge >= 0.3 is 0 Å².